The van der Waals surface area contributed by atoms with E-state index in [1.54, 1.807) is 0 Å². The Balaban J connectivity index is 2.45. The van der Waals surface area contributed by atoms with E-state index in [-0.39, 0.29) is 44.5 Å². The zero-order chi connectivity index (χ0) is 12.8. The molecule has 0 N–H and O–H groups in total. The van der Waals surface area contributed by atoms with Gasteiger partial charge in [0.2, 0.25) is 0 Å². The monoisotopic (exact) mass is 244 g/mol. The summed E-state index contributed by atoms with van der Waals surface area (Å²) in [7, 11) is -0.337. The summed E-state index contributed by atoms with van der Waals surface area (Å²) < 4.78 is 20.8. The number of carbonyl (C=O) groups excluding carboxylic acids is 2. The molecule has 96 valence electrons. The van der Waals surface area contributed by atoms with Gasteiger partial charge in [-0.15, -0.1) is 0 Å². The van der Waals surface area contributed by atoms with Crippen LogP contribution in [-0.2, 0) is 28.4 Å². The van der Waals surface area contributed by atoms with Crippen molar-refractivity contribution in [1.29, 1.82) is 0 Å². The maximum absolute atomic E-state index is 10.7. The summed E-state index contributed by atoms with van der Waals surface area (Å²) >= 11 is 0. The molecule has 7 heteroatoms. The maximum Gasteiger partial charge on any atom is 0.457 e. The average molecular weight is 244 g/mol. The fourth-order valence-corrected chi connectivity index (χ4v) is 1.48. The molecule has 0 aromatic rings. The van der Waals surface area contributed by atoms with E-state index in [0.717, 1.165) is 0 Å². The number of rotatable bonds is 5. The van der Waals surface area contributed by atoms with E-state index in [1.807, 2.05) is 6.92 Å². The third-order valence-electron chi connectivity index (χ3n) is 2.30. The van der Waals surface area contributed by atoms with Crippen molar-refractivity contribution in [2.75, 3.05) is 13.2 Å². The standard InChI is InChI=1S/C10H17BO6/c1-4-11-16-9(5-14-7(2)12)10(17-11)6-15-8(3)13/h9-10H,4-6H2,1-3H3/t9-,10-/m0/s1. The molecule has 0 unspecified atom stereocenters. The lowest BCUT2D eigenvalue weighted by molar-refractivity contribution is -0.148. The van der Waals surface area contributed by atoms with Gasteiger partial charge in [0, 0.05) is 13.8 Å². The van der Waals surface area contributed by atoms with E-state index in [2.05, 4.69) is 0 Å². The van der Waals surface area contributed by atoms with Gasteiger partial charge in [-0.25, -0.2) is 0 Å². The van der Waals surface area contributed by atoms with Gasteiger partial charge < -0.3 is 18.8 Å². The molecule has 1 saturated heterocycles. The SMILES string of the molecule is CCB1O[C@@H](COC(C)=O)[C@H](COC(C)=O)O1. The highest BCUT2D eigenvalue weighted by atomic mass is 16.7. The summed E-state index contributed by atoms with van der Waals surface area (Å²) in [6.45, 7) is 4.79. The van der Waals surface area contributed by atoms with Crippen molar-refractivity contribution in [1.82, 2.24) is 0 Å². The van der Waals surface area contributed by atoms with Crippen LogP contribution in [0, 0.1) is 0 Å². The molecule has 1 rings (SSSR count). The zero-order valence-corrected chi connectivity index (χ0v) is 10.3. The first-order valence-electron chi connectivity index (χ1n) is 5.60. The first kappa shape index (κ1) is 14.0. The number of hydrogen-bond acceptors (Lipinski definition) is 6. The van der Waals surface area contributed by atoms with E-state index >= 15 is 0 Å². The largest absolute Gasteiger partial charge is 0.463 e. The van der Waals surface area contributed by atoms with Crippen molar-refractivity contribution >= 4 is 19.1 Å². The van der Waals surface area contributed by atoms with Gasteiger partial charge in [0.25, 0.3) is 0 Å². The average Bonchev–Trinajstić information content (AvgIpc) is 2.66. The smallest absolute Gasteiger partial charge is 0.457 e. The van der Waals surface area contributed by atoms with Gasteiger partial charge in [-0.1, -0.05) is 6.92 Å². The topological polar surface area (TPSA) is 71.1 Å². The van der Waals surface area contributed by atoms with Gasteiger partial charge in [0.05, 0.1) is 0 Å². The van der Waals surface area contributed by atoms with Gasteiger partial charge in [0.15, 0.2) is 0 Å². The van der Waals surface area contributed by atoms with Gasteiger partial charge in [-0.05, 0) is 6.32 Å². The molecular formula is C10H17BO6. The number of ether oxygens (including phenoxy) is 2. The third kappa shape index (κ3) is 4.74. The Morgan fingerprint density at radius 3 is 1.76 bits per heavy atom. The van der Waals surface area contributed by atoms with Crippen LogP contribution in [0.3, 0.4) is 0 Å². The van der Waals surface area contributed by atoms with E-state index in [9.17, 15) is 9.59 Å². The van der Waals surface area contributed by atoms with Crippen molar-refractivity contribution in [2.45, 2.75) is 39.3 Å². The first-order valence-corrected chi connectivity index (χ1v) is 5.60. The molecule has 1 aliphatic rings. The van der Waals surface area contributed by atoms with Crippen molar-refractivity contribution in [3.63, 3.8) is 0 Å². The third-order valence-corrected chi connectivity index (χ3v) is 2.30. The van der Waals surface area contributed by atoms with Crippen LogP contribution < -0.4 is 0 Å². The summed E-state index contributed by atoms with van der Waals surface area (Å²) in [6.07, 6.45) is -0.0842. The number of hydrogen-bond donors (Lipinski definition) is 0. The molecule has 0 aliphatic carbocycles. The fraction of sp³-hybridized carbons (Fsp3) is 0.800. The Morgan fingerprint density at radius 2 is 1.47 bits per heavy atom. The molecule has 17 heavy (non-hydrogen) atoms. The van der Waals surface area contributed by atoms with E-state index < -0.39 is 0 Å². The second-order valence-electron chi connectivity index (χ2n) is 3.79. The Hall–Kier alpha value is -1.08. The lowest BCUT2D eigenvalue weighted by atomic mass is 9.87. The molecule has 0 radical (unpaired) electrons. The number of carbonyl (C=O) groups is 2. The zero-order valence-electron chi connectivity index (χ0n) is 10.3. The van der Waals surface area contributed by atoms with Crippen LogP contribution in [0.4, 0.5) is 0 Å². The highest BCUT2D eigenvalue weighted by Gasteiger charge is 2.39. The van der Waals surface area contributed by atoms with Crippen LogP contribution in [0.1, 0.15) is 20.8 Å². The van der Waals surface area contributed by atoms with Crippen molar-refractivity contribution in [3.8, 4) is 0 Å². The van der Waals surface area contributed by atoms with Crippen LogP contribution in [0.25, 0.3) is 0 Å². The van der Waals surface area contributed by atoms with E-state index in [4.69, 9.17) is 18.8 Å². The van der Waals surface area contributed by atoms with Crippen molar-refractivity contribution in [3.05, 3.63) is 0 Å². The van der Waals surface area contributed by atoms with Crippen LogP contribution in [0.15, 0.2) is 0 Å². The summed E-state index contributed by atoms with van der Waals surface area (Å²) in [5.41, 5.74) is 0. The lowest BCUT2D eigenvalue weighted by Crippen LogP contribution is -2.32. The fourth-order valence-electron chi connectivity index (χ4n) is 1.48. The van der Waals surface area contributed by atoms with Gasteiger partial charge in [0.1, 0.15) is 25.4 Å². The normalized spacial score (nSPS) is 23.6. The highest BCUT2D eigenvalue weighted by Crippen LogP contribution is 2.19. The molecule has 1 fully saturated rings. The summed E-state index contributed by atoms with van der Waals surface area (Å²) in [4.78, 5) is 21.4. The molecule has 0 aromatic carbocycles. The molecule has 0 spiro atoms. The summed E-state index contributed by atoms with van der Waals surface area (Å²) in [6, 6.07) is 0. The van der Waals surface area contributed by atoms with E-state index in [1.165, 1.54) is 13.8 Å². The second kappa shape index (κ2) is 6.61. The molecule has 1 heterocycles. The molecule has 0 amide bonds. The highest BCUT2D eigenvalue weighted by molar-refractivity contribution is 6.45. The van der Waals surface area contributed by atoms with Gasteiger partial charge in [-0.3, -0.25) is 9.59 Å². The molecular weight excluding hydrogens is 227 g/mol. The molecule has 0 saturated carbocycles. The molecule has 0 aromatic heterocycles. The van der Waals surface area contributed by atoms with Crippen LogP contribution in [0.5, 0.6) is 0 Å². The van der Waals surface area contributed by atoms with Gasteiger partial charge >= 0.3 is 19.1 Å². The molecule has 6 nitrogen and oxygen atoms in total. The van der Waals surface area contributed by atoms with Crippen LogP contribution in [-0.4, -0.2) is 44.5 Å². The second-order valence-corrected chi connectivity index (χ2v) is 3.79. The Labute approximate surface area is 101 Å². The predicted molar refractivity (Wildman–Crippen MR) is 59.2 cm³/mol. The quantitative estimate of drug-likeness (QED) is 0.515. The number of esters is 2. The van der Waals surface area contributed by atoms with Crippen molar-refractivity contribution < 1.29 is 28.4 Å². The predicted octanol–water partition coefficient (Wildman–Crippen LogP) is 0.405. The molecule has 1 aliphatic heterocycles. The van der Waals surface area contributed by atoms with Crippen molar-refractivity contribution in [2.24, 2.45) is 0 Å². The minimum Gasteiger partial charge on any atom is -0.463 e. The summed E-state index contributed by atoms with van der Waals surface area (Å²) in [5, 5.41) is 0. The maximum atomic E-state index is 10.7. The van der Waals surface area contributed by atoms with Crippen LogP contribution in [0.2, 0.25) is 6.32 Å². The van der Waals surface area contributed by atoms with E-state index in [0.29, 0.717) is 6.32 Å². The lowest BCUT2D eigenvalue weighted by Gasteiger charge is -2.17. The Kier molecular flexibility index (Phi) is 5.44. The molecule has 2 atom stereocenters. The molecule has 0 bridgehead atoms. The minimum absolute atomic E-state index is 0.109. The minimum atomic E-state index is -0.386. The summed E-state index contributed by atoms with van der Waals surface area (Å²) in [5.74, 6) is -0.750. The Morgan fingerprint density at radius 1 is 1.06 bits per heavy atom. The first-order chi connectivity index (χ1) is 8.02. The van der Waals surface area contributed by atoms with Crippen LogP contribution >= 0.6 is 0 Å². The Bertz CT molecular complexity index is 256. The van der Waals surface area contributed by atoms with Gasteiger partial charge in [-0.2, -0.15) is 0 Å².